The van der Waals surface area contributed by atoms with Gasteiger partial charge in [0.25, 0.3) is 0 Å². The van der Waals surface area contributed by atoms with E-state index in [1.54, 1.807) is 0 Å². The molecule has 0 aliphatic rings. The van der Waals surface area contributed by atoms with Crippen LogP contribution in [0.3, 0.4) is 0 Å². The molecule has 1 rings (SSSR count). The van der Waals surface area contributed by atoms with Gasteiger partial charge in [0.2, 0.25) is 0 Å². The normalized spacial score (nSPS) is 11.4. The van der Waals surface area contributed by atoms with Gasteiger partial charge in [-0.3, -0.25) is 0 Å². The first-order valence-corrected chi connectivity index (χ1v) is 4.78. The molecule has 0 aliphatic carbocycles. The van der Waals surface area contributed by atoms with E-state index in [4.69, 9.17) is 15.7 Å². The van der Waals surface area contributed by atoms with Gasteiger partial charge in [0, 0.05) is 4.47 Å². The lowest BCUT2D eigenvalue weighted by Gasteiger charge is -2.07. The minimum absolute atomic E-state index is 0.0484. The zero-order chi connectivity index (χ0) is 10.6. The minimum Gasteiger partial charge on any atom is -0.485 e. The molecule has 0 radical (unpaired) electrons. The lowest BCUT2D eigenvalue weighted by molar-refractivity contribution is 0.306. The first kappa shape index (κ1) is 10.8. The Morgan fingerprint density at radius 3 is 2.93 bits per heavy atom. The van der Waals surface area contributed by atoms with Gasteiger partial charge in [0.05, 0.1) is 0 Å². The molecule has 0 atom stereocenters. The molecule has 0 fully saturated rings. The molecule has 0 aliphatic heterocycles. The zero-order valence-corrected chi connectivity index (χ0v) is 9.28. The number of aryl methyl sites for hydroxylation is 1. The van der Waals surface area contributed by atoms with Crippen molar-refractivity contribution < 1.29 is 9.94 Å². The second kappa shape index (κ2) is 4.85. The van der Waals surface area contributed by atoms with Crippen LogP contribution in [0.1, 0.15) is 5.56 Å². The standard InChI is InChI=1S/C9H11BrN2O2/c1-6-4-7(10)2-3-8(6)14-5-9(11)12-13/h2-4,13H,5H2,1H3,(H2,11,12). The Labute approximate surface area is 90.5 Å². The summed E-state index contributed by atoms with van der Waals surface area (Å²) >= 11 is 3.35. The third-order valence-electron chi connectivity index (χ3n) is 1.64. The van der Waals surface area contributed by atoms with Gasteiger partial charge in [0.1, 0.15) is 12.4 Å². The molecule has 3 N–H and O–H groups in total. The van der Waals surface area contributed by atoms with Crippen LogP contribution >= 0.6 is 15.9 Å². The first-order chi connectivity index (χ1) is 6.63. The van der Waals surface area contributed by atoms with Crippen LogP contribution < -0.4 is 10.5 Å². The van der Waals surface area contributed by atoms with Gasteiger partial charge in [-0.2, -0.15) is 0 Å². The summed E-state index contributed by atoms with van der Waals surface area (Å²) < 4.78 is 6.30. The molecular formula is C9H11BrN2O2. The molecule has 0 saturated heterocycles. The van der Waals surface area contributed by atoms with E-state index in [0.717, 1.165) is 15.8 Å². The number of benzene rings is 1. The summed E-state index contributed by atoms with van der Waals surface area (Å²) in [5, 5.41) is 11.1. The van der Waals surface area contributed by atoms with Crippen LogP contribution in [0.15, 0.2) is 27.8 Å². The van der Waals surface area contributed by atoms with Crippen molar-refractivity contribution in [1.82, 2.24) is 0 Å². The molecule has 1 aromatic rings. The largest absolute Gasteiger partial charge is 0.485 e. The molecule has 76 valence electrons. The van der Waals surface area contributed by atoms with Crippen molar-refractivity contribution in [2.24, 2.45) is 10.9 Å². The van der Waals surface area contributed by atoms with Crippen molar-refractivity contribution in [2.75, 3.05) is 6.61 Å². The molecule has 0 saturated carbocycles. The Morgan fingerprint density at radius 2 is 2.36 bits per heavy atom. The van der Waals surface area contributed by atoms with E-state index in [2.05, 4.69) is 21.1 Å². The monoisotopic (exact) mass is 258 g/mol. The second-order valence-electron chi connectivity index (χ2n) is 2.79. The van der Waals surface area contributed by atoms with Crippen LogP contribution in [0.25, 0.3) is 0 Å². The van der Waals surface area contributed by atoms with E-state index >= 15 is 0 Å². The molecule has 0 heterocycles. The molecule has 0 bridgehead atoms. The van der Waals surface area contributed by atoms with E-state index < -0.39 is 0 Å². The van der Waals surface area contributed by atoms with Gasteiger partial charge < -0.3 is 15.7 Å². The van der Waals surface area contributed by atoms with E-state index in [0.29, 0.717) is 0 Å². The molecule has 0 amide bonds. The maximum Gasteiger partial charge on any atom is 0.177 e. The average molecular weight is 259 g/mol. The van der Waals surface area contributed by atoms with Crippen LogP contribution in [0, 0.1) is 6.92 Å². The van der Waals surface area contributed by atoms with Crippen LogP contribution in [-0.4, -0.2) is 17.6 Å². The number of nitrogens with zero attached hydrogens (tertiary/aromatic N) is 1. The highest BCUT2D eigenvalue weighted by atomic mass is 79.9. The highest BCUT2D eigenvalue weighted by Crippen LogP contribution is 2.21. The molecule has 4 nitrogen and oxygen atoms in total. The molecule has 0 aromatic heterocycles. The first-order valence-electron chi connectivity index (χ1n) is 3.99. The SMILES string of the molecule is Cc1cc(Br)ccc1OCC(N)=NO. The Kier molecular flexibility index (Phi) is 3.76. The van der Waals surface area contributed by atoms with Crippen molar-refractivity contribution >= 4 is 21.8 Å². The second-order valence-corrected chi connectivity index (χ2v) is 3.71. The summed E-state index contributed by atoms with van der Waals surface area (Å²) in [5.41, 5.74) is 6.26. The van der Waals surface area contributed by atoms with E-state index in [9.17, 15) is 0 Å². The lowest BCUT2D eigenvalue weighted by atomic mass is 10.2. The van der Waals surface area contributed by atoms with Crippen LogP contribution in [0.4, 0.5) is 0 Å². The summed E-state index contributed by atoms with van der Waals surface area (Å²) in [7, 11) is 0. The summed E-state index contributed by atoms with van der Waals surface area (Å²) in [6.07, 6.45) is 0. The Morgan fingerprint density at radius 1 is 1.64 bits per heavy atom. The highest BCUT2D eigenvalue weighted by molar-refractivity contribution is 9.10. The van der Waals surface area contributed by atoms with Gasteiger partial charge >= 0.3 is 0 Å². The third-order valence-corrected chi connectivity index (χ3v) is 2.13. The van der Waals surface area contributed by atoms with Crippen molar-refractivity contribution in [2.45, 2.75) is 6.92 Å². The van der Waals surface area contributed by atoms with Crippen molar-refractivity contribution in [1.29, 1.82) is 0 Å². The fraction of sp³-hybridized carbons (Fsp3) is 0.222. The maximum absolute atomic E-state index is 8.30. The number of ether oxygens (including phenoxy) is 1. The third kappa shape index (κ3) is 2.92. The van der Waals surface area contributed by atoms with Gasteiger partial charge in [0.15, 0.2) is 5.84 Å². The van der Waals surface area contributed by atoms with Crippen molar-refractivity contribution in [3.05, 3.63) is 28.2 Å². The van der Waals surface area contributed by atoms with Crippen molar-refractivity contribution in [3.63, 3.8) is 0 Å². The molecule has 14 heavy (non-hydrogen) atoms. The number of nitrogens with two attached hydrogens (primary N) is 1. The Bertz CT molecular complexity index is 353. The Balaban J connectivity index is 2.68. The smallest absolute Gasteiger partial charge is 0.177 e. The van der Waals surface area contributed by atoms with Gasteiger partial charge in [-0.1, -0.05) is 21.1 Å². The van der Waals surface area contributed by atoms with E-state index in [1.165, 1.54) is 0 Å². The summed E-state index contributed by atoms with van der Waals surface area (Å²) in [4.78, 5) is 0. The topological polar surface area (TPSA) is 67.8 Å². The number of hydrogen-bond acceptors (Lipinski definition) is 3. The molecule has 5 heteroatoms. The van der Waals surface area contributed by atoms with Gasteiger partial charge in [-0.25, -0.2) is 0 Å². The number of hydrogen-bond donors (Lipinski definition) is 2. The van der Waals surface area contributed by atoms with Crippen LogP contribution in [0.5, 0.6) is 5.75 Å². The summed E-state index contributed by atoms with van der Waals surface area (Å²) in [5.74, 6) is 0.770. The summed E-state index contributed by atoms with van der Waals surface area (Å²) in [6, 6.07) is 5.63. The van der Waals surface area contributed by atoms with Gasteiger partial charge in [-0.15, -0.1) is 0 Å². The molecule has 0 unspecified atom stereocenters. The fourth-order valence-corrected chi connectivity index (χ4v) is 1.43. The summed E-state index contributed by atoms with van der Waals surface area (Å²) in [6.45, 7) is 2.01. The lowest BCUT2D eigenvalue weighted by Crippen LogP contribution is -2.21. The molecule has 0 spiro atoms. The van der Waals surface area contributed by atoms with Crippen molar-refractivity contribution in [3.8, 4) is 5.75 Å². The number of halogens is 1. The number of amidine groups is 1. The average Bonchev–Trinajstić information content (AvgIpc) is 2.16. The zero-order valence-electron chi connectivity index (χ0n) is 7.70. The predicted molar refractivity (Wildman–Crippen MR) is 57.8 cm³/mol. The van der Waals surface area contributed by atoms with Crippen LogP contribution in [0.2, 0.25) is 0 Å². The van der Waals surface area contributed by atoms with E-state index in [1.807, 2.05) is 25.1 Å². The molecule has 1 aromatic carbocycles. The number of oxime groups is 1. The van der Waals surface area contributed by atoms with Gasteiger partial charge in [-0.05, 0) is 30.7 Å². The molecular weight excluding hydrogens is 248 g/mol. The predicted octanol–water partition coefficient (Wildman–Crippen LogP) is 1.88. The Hall–Kier alpha value is -1.23. The van der Waals surface area contributed by atoms with E-state index in [-0.39, 0.29) is 12.4 Å². The van der Waals surface area contributed by atoms with Crippen LogP contribution in [-0.2, 0) is 0 Å². The highest BCUT2D eigenvalue weighted by Gasteiger charge is 2.01. The quantitative estimate of drug-likeness (QED) is 0.377. The minimum atomic E-state index is 0.0484. The number of rotatable bonds is 3. The maximum atomic E-state index is 8.30. The fourth-order valence-electron chi connectivity index (χ4n) is 0.955.